The quantitative estimate of drug-likeness (QED) is 0.312. The van der Waals surface area contributed by atoms with Crippen LogP contribution in [0.4, 0.5) is 5.69 Å². The van der Waals surface area contributed by atoms with E-state index >= 15 is 0 Å². The van der Waals surface area contributed by atoms with E-state index in [2.05, 4.69) is 49.1 Å². The van der Waals surface area contributed by atoms with E-state index in [0.717, 1.165) is 49.5 Å². The molecule has 2 aromatic rings. The van der Waals surface area contributed by atoms with Gasteiger partial charge in [-0.25, -0.2) is 9.97 Å². The predicted octanol–water partition coefficient (Wildman–Crippen LogP) is 4.41. The number of hydrogen-bond donors (Lipinski definition) is 1. The summed E-state index contributed by atoms with van der Waals surface area (Å²) < 4.78 is 5.82. The molecule has 0 aromatic carbocycles. The van der Waals surface area contributed by atoms with Gasteiger partial charge in [-0.3, -0.25) is 4.98 Å². The van der Waals surface area contributed by atoms with Gasteiger partial charge in [0.25, 0.3) is 0 Å². The highest BCUT2D eigenvalue weighted by molar-refractivity contribution is 7.99. The largest absolute Gasteiger partial charge is 0.463 e. The van der Waals surface area contributed by atoms with E-state index < -0.39 is 0 Å². The minimum absolute atomic E-state index is 0.472. The van der Waals surface area contributed by atoms with E-state index in [4.69, 9.17) is 4.74 Å². The molecule has 186 valence electrons. The fraction of sp³-hybridized carbons (Fsp3) is 0.577. The van der Waals surface area contributed by atoms with Gasteiger partial charge in [-0.15, -0.1) is 11.8 Å². The van der Waals surface area contributed by atoms with Crippen molar-refractivity contribution >= 4 is 17.4 Å². The second-order valence-electron chi connectivity index (χ2n) is 8.70. The van der Waals surface area contributed by atoms with Gasteiger partial charge >= 0.3 is 6.01 Å². The molecule has 1 aliphatic rings. The third kappa shape index (κ3) is 8.80. The second-order valence-corrected chi connectivity index (χ2v) is 9.83. The molecule has 3 heterocycles. The third-order valence-corrected chi connectivity index (χ3v) is 6.85. The molecular weight excluding hydrogens is 444 g/mol. The molecule has 34 heavy (non-hydrogen) atoms. The molecular formula is C26H40N6OS. The Kier molecular flexibility index (Phi) is 11.5. The molecule has 3 rings (SSSR count). The average Bonchev–Trinajstić information content (AvgIpc) is 2.86. The Labute approximate surface area is 209 Å². The summed E-state index contributed by atoms with van der Waals surface area (Å²) in [4.78, 5) is 19.0. The summed E-state index contributed by atoms with van der Waals surface area (Å²) in [6.07, 6.45) is 14.8. The number of nitrogens with one attached hydrogen (secondary N) is 1. The van der Waals surface area contributed by atoms with Gasteiger partial charge in [0, 0.05) is 68.2 Å². The maximum Gasteiger partial charge on any atom is 0.316 e. The zero-order valence-electron chi connectivity index (χ0n) is 21.0. The van der Waals surface area contributed by atoms with Crippen molar-refractivity contribution in [1.29, 1.82) is 0 Å². The molecule has 1 fully saturated rings. The van der Waals surface area contributed by atoms with Crippen molar-refractivity contribution in [2.24, 2.45) is 0 Å². The van der Waals surface area contributed by atoms with Gasteiger partial charge in [0.05, 0.1) is 18.5 Å². The summed E-state index contributed by atoms with van der Waals surface area (Å²) in [5.74, 6) is 0.940. The first-order chi connectivity index (χ1) is 16.7. The maximum atomic E-state index is 5.82. The van der Waals surface area contributed by atoms with Crippen LogP contribution in [0.3, 0.4) is 0 Å². The van der Waals surface area contributed by atoms with Crippen LogP contribution in [-0.4, -0.2) is 72.5 Å². The Hall–Kier alpha value is -2.32. The minimum atomic E-state index is 0.472. The van der Waals surface area contributed by atoms with Crippen LogP contribution in [0.2, 0.25) is 0 Å². The van der Waals surface area contributed by atoms with Gasteiger partial charge in [-0.05, 0) is 57.2 Å². The number of pyridine rings is 1. The highest BCUT2D eigenvalue weighted by Gasteiger charge is 2.12. The Morgan fingerprint density at radius 2 is 2.06 bits per heavy atom. The zero-order chi connectivity index (χ0) is 24.0. The predicted molar refractivity (Wildman–Crippen MR) is 142 cm³/mol. The second kappa shape index (κ2) is 14.8. The van der Waals surface area contributed by atoms with Crippen molar-refractivity contribution < 1.29 is 4.74 Å². The molecule has 0 saturated carbocycles. The molecule has 0 unspecified atom stereocenters. The van der Waals surface area contributed by atoms with Crippen LogP contribution in [0.5, 0.6) is 6.01 Å². The molecule has 1 N–H and O–H groups in total. The normalized spacial score (nSPS) is 14.3. The van der Waals surface area contributed by atoms with Crippen molar-refractivity contribution in [3.63, 3.8) is 0 Å². The first-order valence-corrected chi connectivity index (χ1v) is 13.5. The van der Waals surface area contributed by atoms with Crippen LogP contribution in [-0.2, 0) is 6.42 Å². The first kappa shape index (κ1) is 26.3. The van der Waals surface area contributed by atoms with E-state index in [-0.39, 0.29) is 0 Å². The van der Waals surface area contributed by atoms with Crippen molar-refractivity contribution in [3.05, 3.63) is 48.2 Å². The zero-order valence-corrected chi connectivity index (χ0v) is 21.8. The van der Waals surface area contributed by atoms with Gasteiger partial charge in [-0.1, -0.05) is 13.0 Å². The highest BCUT2D eigenvalue weighted by atomic mass is 32.2. The summed E-state index contributed by atoms with van der Waals surface area (Å²) in [7, 11) is 4.08. The molecule has 1 aliphatic heterocycles. The lowest BCUT2D eigenvalue weighted by atomic mass is 10.1. The SMILES string of the molecule is CCC=C(CNCCCOc1nccc(CCSc2ccncc2N(C)C)n1)N1CCCCC1. The number of likely N-dealkylation sites (tertiary alicyclic amines) is 1. The molecule has 0 aliphatic carbocycles. The van der Waals surface area contributed by atoms with Gasteiger partial charge in [0.2, 0.25) is 0 Å². The number of aromatic nitrogens is 3. The molecule has 7 nitrogen and oxygen atoms in total. The number of nitrogens with zero attached hydrogens (tertiary/aromatic N) is 5. The van der Waals surface area contributed by atoms with Crippen LogP contribution in [0.1, 0.15) is 44.7 Å². The Morgan fingerprint density at radius 1 is 1.21 bits per heavy atom. The van der Waals surface area contributed by atoms with Crippen molar-refractivity contribution in [1.82, 2.24) is 25.2 Å². The van der Waals surface area contributed by atoms with Crippen molar-refractivity contribution in [3.8, 4) is 6.01 Å². The van der Waals surface area contributed by atoms with E-state index in [9.17, 15) is 0 Å². The van der Waals surface area contributed by atoms with Crippen molar-refractivity contribution in [2.75, 3.05) is 57.5 Å². The number of allylic oxidation sites excluding steroid dienone is 1. The number of hydrogen-bond acceptors (Lipinski definition) is 8. The number of ether oxygens (including phenoxy) is 1. The number of anilines is 1. The van der Waals surface area contributed by atoms with Gasteiger partial charge in [-0.2, -0.15) is 0 Å². The lowest BCUT2D eigenvalue weighted by Crippen LogP contribution is -2.34. The van der Waals surface area contributed by atoms with Crippen LogP contribution in [0.25, 0.3) is 0 Å². The Morgan fingerprint density at radius 3 is 2.85 bits per heavy atom. The molecule has 1 saturated heterocycles. The summed E-state index contributed by atoms with van der Waals surface area (Å²) in [5.41, 5.74) is 3.59. The standard InChI is InChI=1S/C26H40N6OS/c1-4-9-23(32-16-6-5-7-17-32)20-27-13-8-18-33-26-29-15-10-22(30-26)12-19-34-25-11-14-28-21-24(25)31(2)3/h9-11,14-15,21,27H,4-8,12-13,16-20H2,1-3H3. The van der Waals surface area contributed by atoms with Crippen LogP contribution < -0.4 is 15.0 Å². The van der Waals surface area contributed by atoms with E-state index in [0.29, 0.717) is 12.6 Å². The lowest BCUT2D eigenvalue weighted by molar-refractivity contribution is 0.271. The summed E-state index contributed by atoms with van der Waals surface area (Å²) in [5, 5.41) is 3.58. The number of aryl methyl sites for hydroxylation is 1. The van der Waals surface area contributed by atoms with Crippen LogP contribution in [0.15, 0.2) is 47.4 Å². The van der Waals surface area contributed by atoms with E-state index in [1.807, 2.05) is 44.3 Å². The van der Waals surface area contributed by atoms with Gasteiger partial charge in [0.1, 0.15) is 0 Å². The van der Waals surface area contributed by atoms with Crippen molar-refractivity contribution in [2.45, 2.75) is 50.3 Å². The molecule has 2 aromatic heterocycles. The van der Waals surface area contributed by atoms with E-state index in [1.165, 1.54) is 42.9 Å². The molecule has 0 bridgehead atoms. The summed E-state index contributed by atoms with van der Waals surface area (Å²) in [6.45, 7) is 7.08. The molecule has 0 radical (unpaired) electrons. The van der Waals surface area contributed by atoms with E-state index in [1.54, 1.807) is 6.20 Å². The first-order valence-electron chi connectivity index (χ1n) is 12.5. The van der Waals surface area contributed by atoms with Crippen LogP contribution >= 0.6 is 11.8 Å². The van der Waals surface area contributed by atoms with Gasteiger partial charge in [0.15, 0.2) is 0 Å². The fourth-order valence-electron chi connectivity index (χ4n) is 3.99. The minimum Gasteiger partial charge on any atom is -0.463 e. The van der Waals surface area contributed by atoms with Crippen LogP contribution in [0, 0.1) is 0 Å². The monoisotopic (exact) mass is 484 g/mol. The number of rotatable bonds is 14. The molecule has 0 amide bonds. The third-order valence-electron chi connectivity index (χ3n) is 5.79. The Bertz CT molecular complexity index is 885. The molecule has 8 heteroatoms. The maximum absolute atomic E-state index is 5.82. The summed E-state index contributed by atoms with van der Waals surface area (Å²) >= 11 is 1.82. The fourth-order valence-corrected chi connectivity index (χ4v) is 5.06. The number of thioether (sulfide) groups is 1. The average molecular weight is 485 g/mol. The summed E-state index contributed by atoms with van der Waals surface area (Å²) in [6, 6.07) is 4.51. The molecule has 0 spiro atoms. The Balaban J connectivity index is 1.35. The number of piperidine rings is 1. The lowest BCUT2D eigenvalue weighted by Gasteiger charge is -2.31. The topological polar surface area (TPSA) is 66.4 Å². The smallest absolute Gasteiger partial charge is 0.316 e. The highest BCUT2D eigenvalue weighted by Crippen LogP contribution is 2.28. The van der Waals surface area contributed by atoms with Gasteiger partial charge < -0.3 is 19.9 Å². The molecule has 0 atom stereocenters.